The second kappa shape index (κ2) is 53.2. The summed E-state index contributed by atoms with van der Waals surface area (Å²) >= 11 is 0. The monoisotopic (exact) mass is 1230 g/mol. The minimum atomic E-state index is -1.84. The van der Waals surface area contributed by atoms with E-state index in [2.05, 4.69) is 103 Å². The van der Waals surface area contributed by atoms with Crippen LogP contribution in [0.3, 0.4) is 0 Å². The zero-order valence-corrected chi connectivity index (χ0v) is 61.1. The van der Waals surface area contributed by atoms with Crippen LogP contribution in [-0.2, 0) is 27.6 Å². The van der Waals surface area contributed by atoms with E-state index in [9.17, 15) is 19.8 Å². The van der Waals surface area contributed by atoms with E-state index in [0.29, 0.717) is 18.8 Å². The Morgan fingerprint density at radius 3 is 0.928 bits per heavy atom. The minimum Gasteiger partial charge on any atom is -0.479 e. The summed E-state index contributed by atoms with van der Waals surface area (Å²) in [5, 5.41) is 21.5. The second-order valence-corrected chi connectivity index (χ2v) is 42.4. The van der Waals surface area contributed by atoms with Gasteiger partial charge in [-0.25, -0.2) is 9.59 Å². The average molecular weight is 1230 g/mol. The van der Waals surface area contributed by atoms with E-state index in [1.807, 2.05) is 0 Å². The fraction of sp³-hybridized carbons (Fsp3) is 0.971. The van der Waals surface area contributed by atoms with Crippen molar-refractivity contribution in [1.82, 2.24) is 9.80 Å². The van der Waals surface area contributed by atoms with Crippen LogP contribution in [-0.4, -0.2) is 127 Å². The number of aliphatic hydroxyl groups is 1. The molecule has 6 atom stereocenters. The summed E-state index contributed by atoms with van der Waals surface area (Å²) in [7, 11) is -5.45. The molecule has 0 amide bonds. The van der Waals surface area contributed by atoms with Gasteiger partial charge >= 0.3 is 11.9 Å². The largest absolute Gasteiger partial charge is 0.479 e. The summed E-state index contributed by atoms with van der Waals surface area (Å²) in [6, 6.07) is 0. The maximum atomic E-state index is 13.4. The number of esters is 1. The van der Waals surface area contributed by atoms with Gasteiger partial charge in [0.05, 0.1) is 18.3 Å². The Hall–Kier alpha value is -0.649. The molecule has 2 N–H and O–H groups in total. The van der Waals surface area contributed by atoms with E-state index in [1.165, 1.54) is 212 Å². The van der Waals surface area contributed by atoms with Crippen molar-refractivity contribution in [2.75, 3.05) is 39.3 Å². The van der Waals surface area contributed by atoms with Crippen LogP contribution >= 0.6 is 0 Å². The smallest absolute Gasteiger partial charge is 0.345 e. The first-order valence-corrected chi connectivity index (χ1v) is 46.3. The summed E-state index contributed by atoms with van der Waals surface area (Å²) < 4.78 is 26.5. The number of hydrogen-bond acceptors (Lipinski definition) is 9. The lowest BCUT2D eigenvalue weighted by atomic mass is 10.00. The zero-order valence-electron chi connectivity index (χ0n) is 58.1. The number of carbonyl (C=O) groups excluding carboxylic acids is 1. The Morgan fingerprint density at radius 2 is 0.627 bits per heavy atom. The van der Waals surface area contributed by atoms with Crippen LogP contribution in [0.25, 0.3) is 0 Å². The number of carboxylic acids is 1. The number of hydrogen-bond donors (Lipinski definition) is 2. The molecule has 0 bridgehead atoms. The molecule has 83 heavy (non-hydrogen) atoms. The van der Waals surface area contributed by atoms with Crippen LogP contribution in [0.5, 0.6) is 0 Å². The number of carbonyl (C=O) groups is 2. The lowest BCUT2D eigenvalue weighted by Crippen LogP contribution is -2.45. The molecule has 0 spiro atoms. The molecular weight excluding hydrogens is 1080 g/mol. The van der Waals surface area contributed by atoms with Crippen molar-refractivity contribution in [2.45, 2.75) is 394 Å². The molecular formula is C70H146N2O8Si3. The number of carboxylic acid groups (broad SMARTS) is 1. The summed E-state index contributed by atoms with van der Waals surface area (Å²) in [5.74, 6) is -1.38. The van der Waals surface area contributed by atoms with Gasteiger partial charge in [-0.3, -0.25) is 4.90 Å². The van der Waals surface area contributed by atoms with Crippen LogP contribution in [0.1, 0.15) is 304 Å². The SMILES string of the molecule is CCCCCCCCCCC(CN(CCCCC(OC(=O)C(O)CCCCN(C[C@H](C)CCCCCCCCCC)C[C@@H](CCCCCCCCCC)O[Si](C)(C)C)C(=O)O)C[C@@H](CCCCCCCCCC)O[Si](C)(C)C)O[Si](C)(C)C. The highest BCUT2D eigenvalue weighted by molar-refractivity contribution is 6.70. The molecule has 0 heterocycles. The van der Waals surface area contributed by atoms with Crippen molar-refractivity contribution < 1.29 is 37.8 Å². The van der Waals surface area contributed by atoms with Crippen molar-refractivity contribution in [3.05, 3.63) is 0 Å². The first kappa shape index (κ1) is 82.4. The van der Waals surface area contributed by atoms with Gasteiger partial charge in [0.25, 0.3) is 0 Å². The van der Waals surface area contributed by atoms with Crippen molar-refractivity contribution >= 4 is 36.9 Å². The normalized spacial score (nSPS) is 14.8. The van der Waals surface area contributed by atoms with E-state index < -0.39 is 49.1 Å². The fourth-order valence-electron chi connectivity index (χ4n) is 12.0. The predicted octanol–water partition coefficient (Wildman–Crippen LogP) is 20.7. The quantitative estimate of drug-likeness (QED) is 0.0346. The number of aliphatic carboxylic acids is 1. The molecule has 0 aliphatic heterocycles. The molecule has 0 fully saturated rings. The van der Waals surface area contributed by atoms with Crippen LogP contribution in [0.2, 0.25) is 58.9 Å². The summed E-state index contributed by atoms with van der Waals surface area (Å²) in [6.07, 6.45) is 47.4. The van der Waals surface area contributed by atoms with Gasteiger partial charge in [-0.05, 0) is 142 Å². The van der Waals surface area contributed by atoms with Crippen LogP contribution in [0.4, 0.5) is 0 Å². The molecule has 3 unspecified atom stereocenters. The van der Waals surface area contributed by atoms with Gasteiger partial charge < -0.3 is 33.1 Å². The van der Waals surface area contributed by atoms with Crippen molar-refractivity contribution in [3.8, 4) is 0 Å². The van der Waals surface area contributed by atoms with E-state index >= 15 is 0 Å². The third-order valence-electron chi connectivity index (χ3n) is 16.4. The lowest BCUT2D eigenvalue weighted by molar-refractivity contribution is -0.170. The molecule has 496 valence electrons. The highest BCUT2D eigenvalue weighted by Gasteiger charge is 2.30. The molecule has 0 rings (SSSR count). The van der Waals surface area contributed by atoms with Crippen LogP contribution in [0, 0.1) is 5.92 Å². The highest BCUT2D eigenvalue weighted by atomic mass is 28.4. The third kappa shape index (κ3) is 55.2. The first-order valence-electron chi connectivity index (χ1n) is 36.1. The Kier molecular flexibility index (Phi) is 52.8. The van der Waals surface area contributed by atoms with Crippen LogP contribution < -0.4 is 0 Å². The maximum Gasteiger partial charge on any atom is 0.345 e. The molecule has 0 aromatic rings. The summed E-state index contributed by atoms with van der Waals surface area (Å²) in [4.78, 5) is 31.3. The number of aliphatic hydroxyl groups excluding tert-OH is 1. The van der Waals surface area contributed by atoms with Gasteiger partial charge in [0.2, 0.25) is 0 Å². The Balaban J connectivity index is 5.91. The highest BCUT2D eigenvalue weighted by Crippen LogP contribution is 2.24. The summed E-state index contributed by atoms with van der Waals surface area (Å²) in [5.41, 5.74) is 0. The molecule has 0 saturated carbocycles. The molecule has 0 aliphatic rings. The van der Waals surface area contributed by atoms with Gasteiger partial charge in [0.15, 0.2) is 37.2 Å². The van der Waals surface area contributed by atoms with Crippen molar-refractivity contribution in [1.29, 1.82) is 0 Å². The maximum absolute atomic E-state index is 13.4. The summed E-state index contributed by atoms with van der Waals surface area (Å²) in [6.45, 7) is 37.6. The van der Waals surface area contributed by atoms with Gasteiger partial charge in [0, 0.05) is 26.2 Å². The minimum absolute atomic E-state index is 0.147. The molecule has 13 heteroatoms. The zero-order chi connectivity index (χ0) is 62.0. The van der Waals surface area contributed by atoms with E-state index in [1.54, 1.807) is 0 Å². The standard InChI is InChI=1S/C70H146N2O8Si3/c1-15-19-23-27-31-35-39-43-51-63(5)59-71(60-64(78-81(6,7)8)52-44-40-36-32-28-24-20-16-2)57-49-47-55-67(73)70(76)77-68(69(74)75)56-48-50-58-72(61-65(79-82(9,10)11)53-45-41-37-33-29-25-21-17-3)62-66(80-83(12,13)14)54-46-42-38-34-30-26-22-18-4/h63-68,73H,15-62H2,1-14H3,(H,74,75)/t63-,64-,65-,66?,67?,68?/m1/s1. The van der Waals surface area contributed by atoms with E-state index in [4.69, 9.17) is 18.0 Å². The lowest BCUT2D eigenvalue weighted by Gasteiger charge is -2.35. The molecule has 10 nitrogen and oxygen atoms in total. The molecule has 0 radical (unpaired) electrons. The number of nitrogens with zero attached hydrogens (tertiary/aromatic N) is 2. The van der Waals surface area contributed by atoms with Gasteiger partial charge in [-0.1, -0.05) is 240 Å². The Labute approximate surface area is 520 Å². The number of ether oxygens (including phenoxy) is 1. The van der Waals surface area contributed by atoms with Crippen molar-refractivity contribution in [3.63, 3.8) is 0 Å². The molecule has 0 aromatic carbocycles. The Morgan fingerprint density at radius 1 is 0.361 bits per heavy atom. The first-order chi connectivity index (χ1) is 39.5. The number of unbranched alkanes of at least 4 members (excludes halogenated alkanes) is 30. The van der Waals surface area contributed by atoms with Gasteiger partial charge in [0.1, 0.15) is 0 Å². The van der Waals surface area contributed by atoms with Gasteiger partial charge in [-0.2, -0.15) is 0 Å². The molecule has 0 aromatic heterocycles. The third-order valence-corrected chi connectivity index (χ3v) is 19.5. The second-order valence-electron chi connectivity index (χ2n) is 29.0. The molecule has 0 aliphatic carbocycles. The average Bonchev–Trinajstić information content (AvgIpc) is 3.39. The fourth-order valence-corrected chi connectivity index (χ4v) is 15.6. The Bertz CT molecular complexity index is 1420. The van der Waals surface area contributed by atoms with Crippen LogP contribution in [0.15, 0.2) is 0 Å². The number of rotatable bonds is 63. The topological polar surface area (TPSA) is 118 Å². The van der Waals surface area contributed by atoms with E-state index in [-0.39, 0.29) is 31.2 Å². The van der Waals surface area contributed by atoms with Crippen molar-refractivity contribution in [2.24, 2.45) is 5.92 Å². The van der Waals surface area contributed by atoms with Gasteiger partial charge in [-0.15, -0.1) is 0 Å². The predicted molar refractivity (Wildman–Crippen MR) is 367 cm³/mol. The van der Waals surface area contributed by atoms with E-state index in [0.717, 1.165) is 71.4 Å². The molecule has 0 saturated heterocycles.